The van der Waals surface area contributed by atoms with Gasteiger partial charge in [-0.25, -0.2) is 0 Å². The Morgan fingerprint density at radius 3 is 2.33 bits per heavy atom. The quantitative estimate of drug-likeness (QED) is 0.638. The van der Waals surface area contributed by atoms with Crippen molar-refractivity contribution in [2.45, 2.75) is 23.4 Å². The van der Waals surface area contributed by atoms with Crippen LogP contribution in [0.4, 0.5) is 0 Å². The Bertz CT molecular complexity index is 364. The van der Waals surface area contributed by atoms with Gasteiger partial charge in [-0.3, -0.25) is 0 Å². The van der Waals surface area contributed by atoms with Crippen molar-refractivity contribution >= 4 is 17.7 Å². The van der Waals surface area contributed by atoms with Crippen LogP contribution in [-0.2, 0) is 0 Å². The van der Waals surface area contributed by atoms with Gasteiger partial charge in [-0.15, -0.1) is 0 Å². The van der Waals surface area contributed by atoms with Crippen molar-refractivity contribution in [3.8, 4) is 0 Å². The first kappa shape index (κ1) is 10.8. The second-order valence-electron chi connectivity index (χ2n) is 4.74. The maximum atomic E-state index is 2.31. The Balaban J connectivity index is 2.07. The van der Waals surface area contributed by atoms with Crippen molar-refractivity contribution in [2.24, 2.45) is 0 Å². The van der Waals surface area contributed by atoms with Crippen molar-refractivity contribution in [3.05, 3.63) is 60.2 Å². The average Bonchev–Trinajstić information content (AvgIpc) is 2.66. The van der Waals surface area contributed by atoms with Crippen molar-refractivity contribution < 1.29 is 0 Å². The van der Waals surface area contributed by atoms with Gasteiger partial charge in [0, 0.05) is 0 Å². The number of hydrogen-bond donors (Lipinski definition) is 0. The molecule has 0 saturated heterocycles. The third kappa shape index (κ3) is 2.65. The predicted molar refractivity (Wildman–Crippen MR) is 66.2 cm³/mol. The van der Waals surface area contributed by atoms with Crippen LogP contribution in [-0.4, -0.2) is 17.7 Å². The van der Waals surface area contributed by atoms with Crippen LogP contribution >= 0.6 is 0 Å². The fourth-order valence-electron chi connectivity index (χ4n) is 2.30. The Morgan fingerprint density at radius 2 is 1.73 bits per heavy atom. The average molecular weight is 190 g/mol. The molecule has 1 aromatic rings. The van der Waals surface area contributed by atoms with Crippen molar-refractivity contribution in [2.75, 3.05) is 0 Å². The Hall–Kier alpha value is -0.703. The molecule has 1 heteroatoms. The molecule has 1 atom stereocenters. The zero-order valence-electron chi connectivity index (χ0n) is 9.48. The summed E-state index contributed by atoms with van der Waals surface area (Å²) in [6, 6.07) is 10.8. The topological polar surface area (TPSA) is 0 Å². The molecule has 0 nitrogen and oxygen atoms in total. The summed E-state index contributed by atoms with van der Waals surface area (Å²) in [7, 11) is 0. The van der Waals surface area contributed by atoms with E-state index in [4.69, 9.17) is 0 Å². The van der Waals surface area contributed by atoms with E-state index in [1.807, 2.05) is 0 Å². The third-order valence-corrected chi connectivity index (χ3v) is 3.18. The van der Waals surface area contributed by atoms with E-state index < -0.39 is 0 Å². The van der Waals surface area contributed by atoms with Gasteiger partial charge >= 0.3 is 101 Å². The number of hydrogen-bond acceptors (Lipinski definition) is 0. The zero-order valence-corrected chi connectivity index (χ0v) is 9.48. The molecule has 15 heavy (non-hydrogen) atoms. The molecule has 0 bridgehead atoms. The van der Waals surface area contributed by atoms with Gasteiger partial charge in [-0.2, -0.15) is 0 Å². The summed E-state index contributed by atoms with van der Waals surface area (Å²) in [5, 5.41) is 0. The molecule has 1 aliphatic carbocycles. The van der Waals surface area contributed by atoms with Gasteiger partial charge in [0.1, 0.15) is 0 Å². The van der Waals surface area contributed by atoms with E-state index in [1.165, 1.54) is 12.0 Å². The minimum absolute atomic E-state index is 0.259. The van der Waals surface area contributed by atoms with Gasteiger partial charge in [0.05, 0.1) is 0 Å². The number of rotatable bonds is 3. The molecular formula is C14H15Li. The van der Waals surface area contributed by atoms with Crippen LogP contribution in [0.2, 0.25) is 4.09 Å². The van der Waals surface area contributed by atoms with E-state index >= 15 is 0 Å². The normalized spacial score (nSPS) is 19.4. The van der Waals surface area contributed by atoms with Crippen LogP contribution in [0.25, 0.3) is 0 Å². The van der Waals surface area contributed by atoms with E-state index in [0.717, 1.165) is 0 Å². The Labute approximate surface area is 101 Å². The molecule has 0 radical (unpaired) electrons. The van der Waals surface area contributed by atoms with Crippen LogP contribution < -0.4 is 0 Å². The predicted octanol–water partition coefficient (Wildman–Crippen LogP) is 3.63. The number of benzene rings is 1. The molecule has 72 valence electrons. The van der Waals surface area contributed by atoms with Crippen LogP contribution in [0.3, 0.4) is 0 Å². The first-order chi connectivity index (χ1) is 7.20. The van der Waals surface area contributed by atoms with Gasteiger partial charge in [0.25, 0.3) is 0 Å². The van der Waals surface area contributed by atoms with Crippen molar-refractivity contribution in [1.82, 2.24) is 0 Å². The molecule has 0 heterocycles. The summed E-state index contributed by atoms with van der Waals surface area (Å²) in [5.74, 6) is 0.614. The molecule has 0 spiro atoms. The van der Waals surface area contributed by atoms with Gasteiger partial charge in [-0.05, 0) is 0 Å². The van der Waals surface area contributed by atoms with Crippen LogP contribution in [0.5, 0.6) is 0 Å². The third-order valence-electron chi connectivity index (χ3n) is 3.18. The first-order valence-electron chi connectivity index (χ1n) is 5.62. The van der Waals surface area contributed by atoms with Gasteiger partial charge < -0.3 is 0 Å². The summed E-state index contributed by atoms with van der Waals surface area (Å²) < 4.78 is 0.259. The van der Waals surface area contributed by atoms with E-state index in [-0.39, 0.29) is 4.09 Å². The molecule has 1 aliphatic rings. The summed E-state index contributed by atoms with van der Waals surface area (Å²) in [5.41, 5.74) is 1.44. The Kier molecular flexibility index (Phi) is 3.19. The molecule has 1 aromatic carbocycles. The van der Waals surface area contributed by atoms with E-state index in [0.29, 0.717) is 5.92 Å². The molecule has 0 fully saturated rings. The maximum absolute atomic E-state index is 2.31. The summed E-state index contributed by atoms with van der Waals surface area (Å²) in [4.78, 5) is 0. The molecule has 0 saturated carbocycles. The molecule has 0 aliphatic heterocycles. The first-order valence-corrected chi connectivity index (χ1v) is 5.62. The van der Waals surface area contributed by atoms with Crippen molar-refractivity contribution in [3.63, 3.8) is 0 Å². The van der Waals surface area contributed by atoms with Crippen LogP contribution in [0.15, 0.2) is 54.6 Å². The fraction of sp³-hybridized carbons (Fsp3) is 0.286. The van der Waals surface area contributed by atoms with Crippen LogP contribution in [0.1, 0.15) is 24.8 Å². The monoisotopic (exact) mass is 190 g/mol. The van der Waals surface area contributed by atoms with Crippen molar-refractivity contribution in [1.29, 1.82) is 0 Å². The summed E-state index contributed by atoms with van der Waals surface area (Å²) in [6.45, 7) is 2.31. The molecule has 0 amide bonds. The van der Waals surface area contributed by atoms with Gasteiger partial charge in [-0.1, -0.05) is 0 Å². The zero-order chi connectivity index (χ0) is 10.7. The molecular weight excluding hydrogens is 175 g/mol. The summed E-state index contributed by atoms with van der Waals surface area (Å²) in [6.07, 6.45) is 10.1. The number of allylic oxidation sites excluding steroid dienone is 4. The molecule has 2 rings (SSSR count). The SMILES string of the molecule is [Li][C]1(CC(C)c2ccccc2)C=CC=C1. The molecule has 0 N–H and O–H groups in total. The van der Waals surface area contributed by atoms with E-state index in [2.05, 4.69) is 79.3 Å². The molecule has 0 aromatic heterocycles. The Morgan fingerprint density at radius 1 is 1.13 bits per heavy atom. The van der Waals surface area contributed by atoms with E-state index in [9.17, 15) is 0 Å². The van der Waals surface area contributed by atoms with Gasteiger partial charge in [0.2, 0.25) is 0 Å². The minimum atomic E-state index is 0.259. The standard InChI is InChI=1S/C14H15.Li/c1-12(11-13-7-5-6-8-13)14-9-3-2-4-10-14;/h2-10,12H,11H2,1H3;. The molecule has 1 unspecified atom stereocenters. The second kappa shape index (κ2) is 4.43. The fourth-order valence-corrected chi connectivity index (χ4v) is 2.30. The van der Waals surface area contributed by atoms with Crippen LogP contribution in [0, 0.1) is 0 Å². The summed E-state index contributed by atoms with van der Waals surface area (Å²) >= 11 is 2.30. The van der Waals surface area contributed by atoms with E-state index in [1.54, 1.807) is 0 Å². The van der Waals surface area contributed by atoms with Gasteiger partial charge in [0.15, 0.2) is 0 Å². The second-order valence-corrected chi connectivity index (χ2v) is 4.74.